The van der Waals surface area contributed by atoms with Gasteiger partial charge in [-0.1, -0.05) is 44.2 Å². The molecule has 1 atom stereocenters. The van der Waals surface area contributed by atoms with Crippen molar-refractivity contribution in [3.8, 4) is 5.75 Å². The summed E-state index contributed by atoms with van der Waals surface area (Å²) in [5.74, 6) is 1.79. The highest BCUT2D eigenvalue weighted by Crippen LogP contribution is 2.28. The van der Waals surface area contributed by atoms with Crippen LogP contribution in [0, 0.1) is 5.92 Å². The topological polar surface area (TPSA) is 21.3 Å². The molecule has 0 saturated heterocycles. The Labute approximate surface area is 121 Å². The smallest absolute Gasteiger partial charge is 0.119 e. The van der Waals surface area contributed by atoms with E-state index in [2.05, 4.69) is 12.2 Å². The predicted molar refractivity (Wildman–Crippen MR) is 81.0 cm³/mol. The first-order valence-electron chi connectivity index (χ1n) is 7.39. The van der Waals surface area contributed by atoms with E-state index in [1.807, 2.05) is 24.3 Å². The van der Waals surface area contributed by atoms with Crippen LogP contribution in [0.1, 0.15) is 39.0 Å². The van der Waals surface area contributed by atoms with E-state index in [4.69, 9.17) is 16.3 Å². The first kappa shape index (κ1) is 14.7. The fraction of sp³-hybridized carbons (Fsp3) is 0.625. The fourth-order valence-electron chi connectivity index (χ4n) is 2.88. The van der Waals surface area contributed by atoms with Crippen LogP contribution in [0.3, 0.4) is 0 Å². The van der Waals surface area contributed by atoms with Crippen LogP contribution in [0.4, 0.5) is 0 Å². The van der Waals surface area contributed by atoms with E-state index in [0.717, 1.165) is 29.8 Å². The molecule has 0 bridgehead atoms. The average Bonchev–Trinajstić information content (AvgIpc) is 2.91. The Morgan fingerprint density at radius 3 is 2.58 bits per heavy atom. The maximum Gasteiger partial charge on any atom is 0.119 e. The van der Waals surface area contributed by atoms with Crippen molar-refractivity contribution in [1.82, 2.24) is 5.32 Å². The zero-order valence-corrected chi connectivity index (χ0v) is 12.5. The lowest BCUT2D eigenvalue weighted by Gasteiger charge is -2.21. The van der Waals surface area contributed by atoms with Crippen LogP contribution in [0.25, 0.3) is 0 Å². The molecule has 1 aliphatic carbocycles. The molecule has 0 amide bonds. The van der Waals surface area contributed by atoms with Crippen molar-refractivity contribution in [1.29, 1.82) is 0 Å². The van der Waals surface area contributed by atoms with Crippen molar-refractivity contribution in [3.05, 3.63) is 29.3 Å². The third-order valence-corrected chi connectivity index (χ3v) is 4.10. The number of rotatable bonds is 7. The summed E-state index contributed by atoms with van der Waals surface area (Å²) in [6.07, 6.45) is 6.83. The molecule has 2 rings (SSSR count). The van der Waals surface area contributed by atoms with Crippen LogP contribution in [-0.4, -0.2) is 19.2 Å². The number of nitrogens with one attached hydrogen (secondary N) is 1. The number of halogens is 1. The third kappa shape index (κ3) is 5.04. The van der Waals surface area contributed by atoms with Gasteiger partial charge in [-0.05, 0) is 43.1 Å². The molecule has 0 radical (unpaired) electrons. The maximum atomic E-state index is 5.87. The quantitative estimate of drug-likeness (QED) is 0.805. The van der Waals surface area contributed by atoms with E-state index in [0.29, 0.717) is 6.04 Å². The molecule has 1 unspecified atom stereocenters. The van der Waals surface area contributed by atoms with Gasteiger partial charge in [-0.25, -0.2) is 0 Å². The Morgan fingerprint density at radius 1 is 1.26 bits per heavy atom. The molecule has 0 spiro atoms. The average molecular weight is 282 g/mol. The largest absolute Gasteiger partial charge is 0.492 e. The van der Waals surface area contributed by atoms with Gasteiger partial charge in [-0.3, -0.25) is 0 Å². The Kier molecular flexibility index (Phi) is 5.99. The number of hydrogen-bond donors (Lipinski definition) is 1. The van der Waals surface area contributed by atoms with E-state index in [-0.39, 0.29) is 0 Å². The second-order valence-electron chi connectivity index (χ2n) is 5.41. The van der Waals surface area contributed by atoms with Crippen LogP contribution < -0.4 is 10.1 Å². The van der Waals surface area contributed by atoms with Gasteiger partial charge in [-0.15, -0.1) is 0 Å². The minimum atomic E-state index is 0.462. The monoisotopic (exact) mass is 281 g/mol. The first-order chi connectivity index (χ1) is 9.28. The molecule has 19 heavy (non-hydrogen) atoms. The summed E-state index contributed by atoms with van der Waals surface area (Å²) in [5, 5.41) is 4.29. The number of hydrogen-bond acceptors (Lipinski definition) is 2. The third-order valence-electron chi connectivity index (χ3n) is 3.85. The summed E-state index contributed by atoms with van der Waals surface area (Å²) in [5.41, 5.74) is 0. The molecule has 1 aromatic carbocycles. The van der Waals surface area contributed by atoms with E-state index in [9.17, 15) is 0 Å². The highest BCUT2D eigenvalue weighted by atomic mass is 35.5. The fourth-order valence-corrected chi connectivity index (χ4v) is 3.00. The summed E-state index contributed by atoms with van der Waals surface area (Å²) in [6, 6.07) is 8.07. The van der Waals surface area contributed by atoms with E-state index < -0.39 is 0 Å². The molecule has 106 valence electrons. The molecular formula is C16H24ClNO. The zero-order chi connectivity index (χ0) is 13.5. The van der Waals surface area contributed by atoms with Crippen LogP contribution >= 0.6 is 11.6 Å². The number of benzene rings is 1. The van der Waals surface area contributed by atoms with Crippen molar-refractivity contribution in [2.45, 2.75) is 45.1 Å². The summed E-state index contributed by atoms with van der Waals surface area (Å²) < 4.78 is 5.86. The van der Waals surface area contributed by atoms with Crippen molar-refractivity contribution in [3.63, 3.8) is 0 Å². The molecule has 1 aromatic rings. The molecule has 1 N–H and O–H groups in total. The van der Waals surface area contributed by atoms with Gasteiger partial charge in [0, 0.05) is 11.1 Å². The SMILES string of the molecule is CCNC(COc1ccc(Cl)cc1)CC1CCCC1. The highest BCUT2D eigenvalue weighted by Gasteiger charge is 2.20. The Bertz CT molecular complexity index is 360. The van der Waals surface area contributed by atoms with Gasteiger partial charge < -0.3 is 10.1 Å². The molecule has 2 nitrogen and oxygen atoms in total. The highest BCUT2D eigenvalue weighted by molar-refractivity contribution is 6.30. The van der Waals surface area contributed by atoms with Gasteiger partial charge in [0.2, 0.25) is 0 Å². The molecular weight excluding hydrogens is 258 g/mol. The number of ether oxygens (including phenoxy) is 1. The van der Waals surface area contributed by atoms with Gasteiger partial charge in [0.1, 0.15) is 12.4 Å². The van der Waals surface area contributed by atoms with E-state index in [1.54, 1.807) is 0 Å². The number of likely N-dealkylation sites (N-methyl/N-ethyl adjacent to an activating group) is 1. The molecule has 1 saturated carbocycles. The van der Waals surface area contributed by atoms with Crippen molar-refractivity contribution in [2.75, 3.05) is 13.2 Å². The molecule has 3 heteroatoms. The minimum absolute atomic E-state index is 0.462. The van der Waals surface area contributed by atoms with E-state index in [1.165, 1.54) is 32.1 Å². The Balaban J connectivity index is 1.80. The van der Waals surface area contributed by atoms with Gasteiger partial charge in [0.05, 0.1) is 0 Å². The maximum absolute atomic E-state index is 5.87. The second-order valence-corrected chi connectivity index (χ2v) is 5.84. The molecule has 0 aromatic heterocycles. The Morgan fingerprint density at radius 2 is 1.95 bits per heavy atom. The lowest BCUT2D eigenvalue weighted by atomic mass is 9.99. The van der Waals surface area contributed by atoms with Crippen LogP contribution in [-0.2, 0) is 0 Å². The van der Waals surface area contributed by atoms with Gasteiger partial charge in [0.25, 0.3) is 0 Å². The lowest BCUT2D eigenvalue weighted by Crippen LogP contribution is -2.36. The summed E-state index contributed by atoms with van der Waals surface area (Å²) in [6.45, 7) is 3.90. The second kappa shape index (κ2) is 7.76. The standard InChI is InChI=1S/C16H24ClNO/c1-2-18-15(11-13-5-3-4-6-13)12-19-16-9-7-14(17)8-10-16/h7-10,13,15,18H,2-6,11-12H2,1H3. The zero-order valence-electron chi connectivity index (χ0n) is 11.7. The minimum Gasteiger partial charge on any atom is -0.492 e. The van der Waals surface area contributed by atoms with Crippen LogP contribution in [0.15, 0.2) is 24.3 Å². The van der Waals surface area contributed by atoms with Crippen LogP contribution in [0.5, 0.6) is 5.75 Å². The van der Waals surface area contributed by atoms with Crippen LogP contribution in [0.2, 0.25) is 5.02 Å². The van der Waals surface area contributed by atoms with Crippen molar-refractivity contribution >= 4 is 11.6 Å². The van der Waals surface area contributed by atoms with Gasteiger partial charge in [0.15, 0.2) is 0 Å². The summed E-state index contributed by atoms with van der Waals surface area (Å²) in [4.78, 5) is 0. The molecule has 0 heterocycles. The normalized spacial score (nSPS) is 17.6. The first-order valence-corrected chi connectivity index (χ1v) is 7.77. The molecule has 0 aliphatic heterocycles. The van der Waals surface area contributed by atoms with Crippen molar-refractivity contribution in [2.24, 2.45) is 5.92 Å². The van der Waals surface area contributed by atoms with Crippen molar-refractivity contribution < 1.29 is 4.74 Å². The Hall–Kier alpha value is -0.730. The summed E-state index contributed by atoms with van der Waals surface area (Å²) >= 11 is 5.87. The summed E-state index contributed by atoms with van der Waals surface area (Å²) in [7, 11) is 0. The molecule has 1 aliphatic rings. The van der Waals surface area contributed by atoms with Gasteiger partial charge >= 0.3 is 0 Å². The van der Waals surface area contributed by atoms with Gasteiger partial charge in [-0.2, -0.15) is 0 Å². The van der Waals surface area contributed by atoms with E-state index >= 15 is 0 Å². The lowest BCUT2D eigenvalue weighted by molar-refractivity contribution is 0.240. The predicted octanol–water partition coefficient (Wildman–Crippen LogP) is 4.28. The molecule has 1 fully saturated rings.